The van der Waals surface area contributed by atoms with Crippen molar-refractivity contribution >= 4 is 6.21 Å². The Morgan fingerprint density at radius 2 is 1.92 bits per heavy atom. The molecule has 68 valence electrons. The zero-order chi connectivity index (χ0) is 8.39. The van der Waals surface area contributed by atoms with Crippen molar-refractivity contribution in [3.8, 4) is 0 Å². The van der Waals surface area contributed by atoms with Gasteiger partial charge in [-0.15, -0.1) is 0 Å². The number of hydrogen-bond donors (Lipinski definition) is 0. The molecular weight excluding hydrogens is 148 g/mol. The maximum Gasteiger partial charge on any atom is 0.0749 e. The highest BCUT2D eigenvalue weighted by Crippen LogP contribution is 2.27. The maximum absolute atomic E-state index is 4.38. The third kappa shape index (κ3) is 1.53. The Bertz CT molecular complexity index is 165. The van der Waals surface area contributed by atoms with E-state index in [1.165, 1.54) is 38.8 Å². The van der Waals surface area contributed by atoms with Crippen LogP contribution in [-0.4, -0.2) is 36.3 Å². The van der Waals surface area contributed by atoms with Gasteiger partial charge >= 0.3 is 0 Å². The van der Waals surface area contributed by atoms with Gasteiger partial charge in [-0.25, -0.2) is 0 Å². The van der Waals surface area contributed by atoms with Gasteiger partial charge in [-0.3, -0.25) is 9.89 Å². The van der Waals surface area contributed by atoms with E-state index in [1.54, 1.807) is 0 Å². The average Bonchev–Trinajstić information content (AvgIpc) is 2.47. The number of likely N-dealkylation sites (tertiary alicyclic amines) is 1. The highest BCUT2D eigenvalue weighted by atomic mass is 15.3. The third-order valence-corrected chi connectivity index (χ3v) is 3.09. The fourth-order valence-corrected chi connectivity index (χ4v) is 2.36. The molecular formula is C10H18N2. The summed E-state index contributed by atoms with van der Waals surface area (Å²) in [6.45, 7) is 4.45. The third-order valence-electron chi connectivity index (χ3n) is 3.09. The zero-order valence-electron chi connectivity index (χ0n) is 7.87. The van der Waals surface area contributed by atoms with Crippen molar-refractivity contribution in [1.29, 1.82) is 0 Å². The standard InChI is InChI=1S/C10H18N2/c1-2-11-9-7-12(8-9)10-5-3-4-6-10/h2,9-10H,3-8H2,1H3. The minimum atomic E-state index is 0.621. The van der Waals surface area contributed by atoms with Crippen LogP contribution in [0.5, 0.6) is 0 Å². The fourth-order valence-electron chi connectivity index (χ4n) is 2.36. The van der Waals surface area contributed by atoms with Crippen LogP contribution >= 0.6 is 0 Å². The quantitative estimate of drug-likeness (QED) is 0.570. The van der Waals surface area contributed by atoms with Crippen molar-refractivity contribution in [3.63, 3.8) is 0 Å². The largest absolute Gasteiger partial charge is 0.296 e. The second-order valence-electron chi connectivity index (χ2n) is 3.95. The first-order chi connectivity index (χ1) is 5.90. The number of nitrogens with zero attached hydrogens (tertiary/aromatic N) is 2. The molecule has 2 heteroatoms. The Morgan fingerprint density at radius 1 is 1.25 bits per heavy atom. The molecule has 0 bridgehead atoms. The predicted octanol–water partition coefficient (Wildman–Crippen LogP) is 1.70. The minimum absolute atomic E-state index is 0.621. The summed E-state index contributed by atoms with van der Waals surface area (Å²) in [5, 5.41) is 0. The van der Waals surface area contributed by atoms with E-state index in [0.29, 0.717) is 6.04 Å². The Labute approximate surface area is 74.7 Å². The van der Waals surface area contributed by atoms with Crippen molar-refractivity contribution in [2.45, 2.75) is 44.7 Å². The number of aliphatic imine (C=N–C) groups is 1. The molecule has 2 aliphatic rings. The zero-order valence-corrected chi connectivity index (χ0v) is 7.87. The average molecular weight is 166 g/mol. The molecule has 1 saturated heterocycles. The minimum Gasteiger partial charge on any atom is -0.296 e. The number of hydrogen-bond acceptors (Lipinski definition) is 2. The van der Waals surface area contributed by atoms with Crippen LogP contribution in [0.3, 0.4) is 0 Å². The lowest BCUT2D eigenvalue weighted by Gasteiger charge is -2.41. The molecule has 2 nitrogen and oxygen atoms in total. The summed E-state index contributed by atoms with van der Waals surface area (Å²) in [5.74, 6) is 0. The summed E-state index contributed by atoms with van der Waals surface area (Å²) in [7, 11) is 0. The molecule has 1 aliphatic heterocycles. The molecule has 0 amide bonds. The lowest BCUT2D eigenvalue weighted by molar-refractivity contribution is 0.0982. The first-order valence-electron chi connectivity index (χ1n) is 5.12. The molecule has 0 aromatic heterocycles. The van der Waals surface area contributed by atoms with E-state index >= 15 is 0 Å². The summed E-state index contributed by atoms with van der Waals surface area (Å²) < 4.78 is 0. The van der Waals surface area contributed by atoms with Crippen molar-refractivity contribution in [2.24, 2.45) is 4.99 Å². The Kier molecular flexibility index (Phi) is 2.45. The summed E-state index contributed by atoms with van der Waals surface area (Å²) in [4.78, 5) is 6.99. The highest BCUT2D eigenvalue weighted by molar-refractivity contribution is 5.53. The molecule has 1 heterocycles. The maximum atomic E-state index is 4.38. The van der Waals surface area contributed by atoms with Crippen molar-refractivity contribution in [1.82, 2.24) is 4.90 Å². The molecule has 0 aromatic rings. The molecule has 1 saturated carbocycles. The van der Waals surface area contributed by atoms with Gasteiger partial charge in [0.05, 0.1) is 6.04 Å². The topological polar surface area (TPSA) is 15.6 Å². The van der Waals surface area contributed by atoms with Gasteiger partial charge in [-0.2, -0.15) is 0 Å². The van der Waals surface area contributed by atoms with Crippen LogP contribution in [0.25, 0.3) is 0 Å². The van der Waals surface area contributed by atoms with Gasteiger partial charge in [0.2, 0.25) is 0 Å². The van der Waals surface area contributed by atoms with Crippen LogP contribution in [0.4, 0.5) is 0 Å². The van der Waals surface area contributed by atoms with Gasteiger partial charge in [-0.1, -0.05) is 12.8 Å². The van der Waals surface area contributed by atoms with Gasteiger partial charge < -0.3 is 0 Å². The monoisotopic (exact) mass is 166 g/mol. The van der Waals surface area contributed by atoms with Crippen LogP contribution in [0.1, 0.15) is 32.6 Å². The Balaban J connectivity index is 1.73. The number of rotatable bonds is 2. The van der Waals surface area contributed by atoms with E-state index in [9.17, 15) is 0 Å². The van der Waals surface area contributed by atoms with Gasteiger partial charge in [0.15, 0.2) is 0 Å². The van der Waals surface area contributed by atoms with E-state index in [0.717, 1.165) is 6.04 Å². The van der Waals surface area contributed by atoms with Gasteiger partial charge in [0.25, 0.3) is 0 Å². The van der Waals surface area contributed by atoms with E-state index in [-0.39, 0.29) is 0 Å². The van der Waals surface area contributed by atoms with E-state index < -0.39 is 0 Å². The first-order valence-corrected chi connectivity index (χ1v) is 5.12. The Morgan fingerprint density at radius 3 is 2.50 bits per heavy atom. The fraction of sp³-hybridized carbons (Fsp3) is 0.900. The second-order valence-corrected chi connectivity index (χ2v) is 3.95. The lowest BCUT2D eigenvalue weighted by atomic mass is 10.1. The molecule has 12 heavy (non-hydrogen) atoms. The molecule has 0 atom stereocenters. The highest BCUT2D eigenvalue weighted by Gasteiger charge is 2.32. The second kappa shape index (κ2) is 3.56. The molecule has 1 aliphatic carbocycles. The van der Waals surface area contributed by atoms with Gasteiger partial charge in [-0.05, 0) is 26.0 Å². The summed E-state index contributed by atoms with van der Waals surface area (Å²) in [6.07, 6.45) is 7.70. The SMILES string of the molecule is CC=NC1CN(C2CCCC2)C1. The van der Waals surface area contributed by atoms with Crippen molar-refractivity contribution < 1.29 is 0 Å². The molecule has 2 fully saturated rings. The summed E-state index contributed by atoms with van der Waals surface area (Å²) >= 11 is 0. The van der Waals surface area contributed by atoms with E-state index in [4.69, 9.17) is 0 Å². The van der Waals surface area contributed by atoms with Crippen molar-refractivity contribution in [2.75, 3.05) is 13.1 Å². The van der Waals surface area contributed by atoms with Crippen LogP contribution in [0.2, 0.25) is 0 Å². The molecule has 0 spiro atoms. The molecule has 0 unspecified atom stereocenters. The molecule has 2 rings (SSSR count). The van der Waals surface area contributed by atoms with E-state index in [1.807, 2.05) is 13.1 Å². The Hall–Kier alpha value is -0.370. The lowest BCUT2D eigenvalue weighted by Crippen LogP contribution is -2.53. The van der Waals surface area contributed by atoms with Crippen LogP contribution in [0, 0.1) is 0 Å². The smallest absolute Gasteiger partial charge is 0.0749 e. The summed E-state index contributed by atoms with van der Waals surface area (Å²) in [5.41, 5.74) is 0. The first kappa shape index (κ1) is 8.24. The normalized spacial score (nSPS) is 28.4. The molecule has 0 N–H and O–H groups in total. The van der Waals surface area contributed by atoms with Gasteiger partial charge in [0.1, 0.15) is 0 Å². The predicted molar refractivity (Wildman–Crippen MR) is 51.8 cm³/mol. The summed E-state index contributed by atoms with van der Waals surface area (Å²) in [6, 6.07) is 1.53. The van der Waals surface area contributed by atoms with E-state index in [2.05, 4.69) is 9.89 Å². The van der Waals surface area contributed by atoms with Crippen LogP contribution in [0.15, 0.2) is 4.99 Å². The van der Waals surface area contributed by atoms with Crippen LogP contribution < -0.4 is 0 Å². The van der Waals surface area contributed by atoms with Gasteiger partial charge in [0, 0.05) is 19.1 Å². The molecule has 0 radical (unpaired) electrons. The molecule has 0 aromatic carbocycles. The van der Waals surface area contributed by atoms with Crippen molar-refractivity contribution in [3.05, 3.63) is 0 Å². The van der Waals surface area contributed by atoms with Crippen LogP contribution in [-0.2, 0) is 0 Å².